The van der Waals surface area contributed by atoms with Gasteiger partial charge in [0.1, 0.15) is 12.2 Å². The van der Waals surface area contributed by atoms with Crippen molar-refractivity contribution in [2.75, 3.05) is 0 Å². The maximum atomic E-state index is 10.6. The largest absolute Gasteiger partial charge is 0.454 e. The predicted octanol–water partition coefficient (Wildman–Crippen LogP) is -1.62. The van der Waals surface area contributed by atoms with Gasteiger partial charge in [0.05, 0.1) is 6.10 Å². The Hall–Kier alpha value is -0.690. The highest BCUT2D eigenvalue weighted by molar-refractivity contribution is 5.66. The molecule has 1 aliphatic heterocycles. The lowest BCUT2D eigenvalue weighted by molar-refractivity contribution is -0.282. The Kier molecular flexibility index (Phi) is 3.43. The van der Waals surface area contributed by atoms with Crippen molar-refractivity contribution < 1.29 is 29.6 Å². The van der Waals surface area contributed by atoms with E-state index >= 15 is 0 Å². The molecule has 3 N–H and O–H groups in total. The second kappa shape index (κ2) is 4.22. The molecule has 0 aliphatic carbocycles. The number of carbonyl (C=O) groups excluding carboxylic acids is 1. The number of aliphatic hydroxyl groups excluding tert-OH is 3. The summed E-state index contributed by atoms with van der Waals surface area (Å²) in [6.07, 6.45) is -5.86. The maximum absolute atomic E-state index is 10.6. The van der Waals surface area contributed by atoms with Gasteiger partial charge in [-0.3, -0.25) is 4.79 Å². The van der Waals surface area contributed by atoms with Crippen LogP contribution in [0.25, 0.3) is 0 Å². The number of hydrogen-bond donors (Lipinski definition) is 3. The topological polar surface area (TPSA) is 96.2 Å². The molecule has 0 aromatic carbocycles. The SMILES string of the molecule is CC(=O)O[C@H]1[C@H](O)[C@H](O)[C@H](C)O[C@H]1O. The molecule has 14 heavy (non-hydrogen) atoms. The quantitative estimate of drug-likeness (QED) is 0.446. The average molecular weight is 206 g/mol. The van der Waals surface area contributed by atoms with Crippen LogP contribution >= 0.6 is 0 Å². The Morgan fingerprint density at radius 1 is 1.29 bits per heavy atom. The van der Waals surface area contributed by atoms with Gasteiger partial charge in [-0.1, -0.05) is 0 Å². The van der Waals surface area contributed by atoms with Crippen LogP contribution in [-0.2, 0) is 14.3 Å². The minimum atomic E-state index is -1.41. The zero-order chi connectivity index (χ0) is 10.9. The molecule has 1 rings (SSSR count). The van der Waals surface area contributed by atoms with Gasteiger partial charge in [0.25, 0.3) is 0 Å². The molecule has 0 radical (unpaired) electrons. The van der Waals surface area contributed by atoms with Crippen molar-refractivity contribution in [3.05, 3.63) is 0 Å². The lowest BCUT2D eigenvalue weighted by atomic mass is 10.00. The second-order valence-corrected chi connectivity index (χ2v) is 3.29. The molecule has 0 amide bonds. The fraction of sp³-hybridized carbons (Fsp3) is 0.875. The minimum absolute atomic E-state index is 0.654. The summed E-state index contributed by atoms with van der Waals surface area (Å²) >= 11 is 0. The maximum Gasteiger partial charge on any atom is 0.303 e. The van der Waals surface area contributed by atoms with Crippen LogP contribution in [0.5, 0.6) is 0 Å². The number of aliphatic hydroxyl groups is 3. The van der Waals surface area contributed by atoms with Gasteiger partial charge < -0.3 is 24.8 Å². The lowest BCUT2D eigenvalue weighted by Crippen LogP contribution is -2.57. The van der Waals surface area contributed by atoms with Crippen molar-refractivity contribution in [1.29, 1.82) is 0 Å². The first-order valence-corrected chi connectivity index (χ1v) is 4.30. The van der Waals surface area contributed by atoms with Gasteiger partial charge in [-0.15, -0.1) is 0 Å². The van der Waals surface area contributed by atoms with Crippen molar-refractivity contribution in [1.82, 2.24) is 0 Å². The predicted molar refractivity (Wildman–Crippen MR) is 44.1 cm³/mol. The molecule has 0 unspecified atom stereocenters. The molecule has 0 saturated carbocycles. The van der Waals surface area contributed by atoms with E-state index in [9.17, 15) is 20.1 Å². The van der Waals surface area contributed by atoms with Crippen molar-refractivity contribution in [2.45, 2.75) is 44.6 Å². The first kappa shape index (κ1) is 11.4. The molecular weight excluding hydrogens is 192 g/mol. The van der Waals surface area contributed by atoms with E-state index in [1.54, 1.807) is 0 Å². The van der Waals surface area contributed by atoms with Gasteiger partial charge in [-0.25, -0.2) is 0 Å². The molecule has 0 aromatic rings. The van der Waals surface area contributed by atoms with Crippen LogP contribution in [0.3, 0.4) is 0 Å². The smallest absolute Gasteiger partial charge is 0.303 e. The molecular formula is C8H14O6. The number of ether oxygens (including phenoxy) is 2. The third-order valence-corrected chi connectivity index (χ3v) is 2.10. The monoisotopic (exact) mass is 206 g/mol. The van der Waals surface area contributed by atoms with Gasteiger partial charge in [-0.2, -0.15) is 0 Å². The van der Waals surface area contributed by atoms with Crippen LogP contribution in [0.1, 0.15) is 13.8 Å². The van der Waals surface area contributed by atoms with E-state index in [4.69, 9.17) is 4.74 Å². The summed E-state index contributed by atoms with van der Waals surface area (Å²) in [6, 6.07) is 0. The molecule has 0 spiro atoms. The molecule has 1 aliphatic rings. The van der Waals surface area contributed by atoms with Crippen LogP contribution in [0.2, 0.25) is 0 Å². The third-order valence-electron chi connectivity index (χ3n) is 2.10. The molecule has 0 aromatic heterocycles. The zero-order valence-electron chi connectivity index (χ0n) is 7.95. The van der Waals surface area contributed by atoms with Crippen LogP contribution in [0.4, 0.5) is 0 Å². The molecule has 1 heterocycles. The standard InChI is InChI=1S/C8H14O6/c1-3-5(10)6(11)7(8(12)13-3)14-4(2)9/h3,5-8,10-12H,1-2H3/t3-,5+,6+,7-,8+/m0/s1. The Balaban J connectivity index is 2.68. The van der Waals surface area contributed by atoms with E-state index < -0.39 is 36.7 Å². The highest BCUT2D eigenvalue weighted by atomic mass is 16.7. The Morgan fingerprint density at radius 2 is 1.86 bits per heavy atom. The average Bonchev–Trinajstić information content (AvgIpc) is 2.09. The second-order valence-electron chi connectivity index (χ2n) is 3.29. The molecule has 6 nitrogen and oxygen atoms in total. The Bertz CT molecular complexity index is 218. The summed E-state index contributed by atoms with van der Waals surface area (Å²) in [6.45, 7) is 2.64. The van der Waals surface area contributed by atoms with Gasteiger partial charge in [0, 0.05) is 6.92 Å². The molecule has 0 bridgehead atoms. The first-order valence-electron chi connectivity index (χ1n) is 4.30. The van der Waals surface area contributed by atoms with Gasteiger partial charge in [0.15, 0.2) is 12.4 Å². The number of rotatable bonds is 1. The van der Waals surface area contributed by atoms with E-state index in [1.165, 1.54) is 6.92 Å². The summed E-state index contributed by atoms with van der Waals surface area (Å²) in [5, 5.41) is 28.1. The number of carbonyl (C=O) groups is 1. The van der Waals surface area contributed by atoms with Gasteiger partial charge in [-0.05, 0) is 6.92 Å². The zero-order valence-corrected chi connectivity index (χ0v) is 7.95. The summed E-state index contributed by atoms with van der Waals surface area (Å²) in [7, 11) is 0. The summed E-state index contributed by atoms with van der Waals surface area (Å²) < 4.78 is 9.46. The summed E-state index contributed by atoms with van der Waals surface area (Å²) in [5.41, 5.74) is 0. The number of hydrogen-bond acceptors (Lipinski definition) is 6. The van der Waals surface area contributed by atoms with Crippen LogP contribution in [0.15, 0.2) is 0 Å². The highest BCUT2D eigenvalue weighted by Crippen LogP contribution is 2.21. The normalized spacial score (nSPS) is 43.4. The number of esters is 1. The summed E-state index contributed by atoms with van der Waals surface area (Å²) in [5.74, 6) is -0.654. The van der Waals surface area contributed by atoms with E-state index in [0.717, 1.165) is 6.92 Å². The minimum Gasteiger partial charge on any atom is -0.454 e. The van der Waals surface area contributed by atoms with Gasteiger partial charge >= 0.3 is 5.97 Å². The van der Waals surface area contributed by atoms with E-state index in [-0.39, 0.29) is 0 Å². The van der Waals surface area contributed by atoms with Crippen LogP contribution in [0, 0.1) is 0 Å². The molecule has 6 heteroatoms. The third kappa shape index (κ3) is 2.21. The highest BCUT2D eigenvalue weighted by Gasteiger charge is 2.43. The Labute approximate surface area is 81.1 Å². The van der Waals surface area contributed by atoms with Gasteiger partial charge in [0.2, 0.25) is 0 Å². The molecule has 82 valence electrons. The summed E-state index contributed by atoms with van der Waals surface area (Å²) in [4.78, 5) is 10.6. The lowest BCUT2D eigenvalue weighted by Gasteiger charge is -2.38. The van der Waals surface area contributed by atoms with Crippen LogP contribution in [-0.4, -0.2) is 52.0 Å². The molecule has 1 fully saturated rings. The van der Waals surface area contributed by atoms with E-state index in [0.29, 0.717) is 0 Å². The van der Waals surface area contributed by atoms with Crippen LogP contribution < -0.4 is 0 Å². The first-order chi connectivity index (χ1) is 6.43. The van der Waals surface area contributed by atoms with Crippen molar-refractivity contribution in [3.63, 3.8) is 0 Å². The van der Waals surface area contributed by atoms with Crippen molar-refractivity contribution in [3.8, 4) is 0 Å². The fourth-order valence-electron chi connectivity index (χ4n) is 1.34. The van der Waals surface area contributed by atoms with E-state index in [2.05, 4.69) is 4.74 Å². The Morgan fingerprint density at radius 3 is 2.36 bits per heavy atom. The molecule has 5 atom stereocenters. The van der Waals surface area contributed by atoms with Crippen molar-refractivity contribution >= 4 is 5.97 Å². The van der Waals surface area contributed by atoms with E-state index in [1.807, 2.05) is 0 Å². The van der Waals surface area contributed by atoms with Crippen molar-refractivity contribution in [2.24, 2.45) is 0 Å². The fourth-order valence-corrected chi connectivity index (χ4v) is 1.34. The molecule has 1 saturated heterocycles.